The maximum atomic E-state index is 12.2. The number of hydrogen-bond donors (Lipinski definition) is 1. The van der Waals surface area contributed by atoms with Gasteiger partial charge in [-0.05, 0) is 38.5 Å². The van der Waals surface area contributed by atoms with Gasteiger partial charge in [0, 0.05) is 17.9 Å². The van der Waals surface area contributed by atoms with E-state index in [0.29, 0.717) is 19.1 Å². The maximum Gasteiger partial charge on any atom is 0.230 e. The number of carbonyl (C=O) groups is 1. The lowest BCUT2D eigenvalue weighted by Crippen LogP contribution is -2.27. The van der Waals surface area contributed by atoms with Crippen molar-refractivity contribution in [1.82, 2.24) is 0 Å². The third kappa shape index (κ3) is 3.44. The van der Waals surface area contributed by atoms with E-state index in [1.807, 2.05) is 32.0 Å². The van der Waals surface area contributed by atoms with Gasteiger partial charge in [0.15, 0.2) is 0 Å². The molecule has 1 heterocycles. The van der Waals surface area contributed by atoms with Crippen LogP contribution < -0.4 is 10.1 Å². The molecule has 2 rings (SSSR count). The Labute approximate surface area is 124 Å². The highest BCUT2D eigenvalue weighted by Crippen LogP contribution is 2.26. The molecule has 0 bridgehead atoms. The van der Waals surface area contributed by atoms with Crippen molar-refractivity contribution in [3.63, 3.8) is 0 Å². The third-order valence-corrected chi connectivity index (χ3v) is 3.77. The molecule has 0 aliphatic carbocycles. The van der Waals surface area contributed by atoms with Gasteiger partial charge in [0.1, 0.15) is 5.75 Å². The van der Waals surface area contributed by atoms with Gasteiger partial charge in [0.2, 0.25) is 5.91 Å². The number of alkyl halides is 1. The number of halogens is 1. The molecule has 1 aliphatic heterocycles. The molecule has 0 saturated carbocycles. The van der Waals surface area contributed by atoms with Crippen molar-refractivity contribution in [3.05, 3.63) is 23.8 Å². The van der Waals surface area contributed by atoms with E-state index in [0.717, 1.165) is 23.4 Å². The van der Waals surface area contributed by atoms with Crippen molar-refractivity contribution in [2.75, 3.05) is 18.5 Å². The first kappa shape index (κ1) is 15.1. The van der Waals surface area contributed by atoms with Gasteiger partial charge in [-0.2, -0.15) is 0 Å². The zero-order valence-electron chi connectivity index (χ0n) is 11.8. The van der Waals surface area contributed by atoms with E-state index in [4.69, 9.17) is 21.1 Å². The summed E-state index contributed by atoms with van der Waals surface area (Å²) in [7, 11) is 0. The molecule has 1 aromatic rings. The molecule has 110 valence electrons. The summed E-state index contributed by atoms with van der Waals surface area (Å²) in [6.07, 6.45) is 0.747. The number of nitrogens with one attached hydrogen (secondary N) is 1. The molecule has 4 nitrogen and oxygen atoms in total. The number of hydrogen-bond acceptors (Lipinski definition) is 3. The summed E-state index contributed by atoms with van der Waals surface area (Å²) in [6.45, 7) is 5.09. The predicted octanol–water partition coefficient (Wildman–Crippen LogP) is 3.19. The van der Waals surface area contributed by atoms with E-state index in [1.165, 1.54) is 0 Å². The van der Waals surface area contributed by atoms with Crippen LogP contribution in [0.3, 0.4) is 0 Å². The number of anilines is 1. The lowest BCUT2D eigenvalue weighted by molar-refractivity contribution is -0.121. The van der Waals surface area contributed by atoms with Gasteiger partial charge >= 0.3 is 0 Å². The van der Waals surface area contributed by atoms with Crippen molar-refractivity contribution in [2.24, 2.45) is 5.92 Å². The first-order valence-electron chi connectivity index (χ1n) is 6.89. The summed E-state index contributed by atoms with van der Waals surface area (Å²) in [5.74, 6) is 1.03. The third-order valence-electron chi connectivity index (χ3n) is 3.48. The molecule has 20 heavy (non-hydrogen) atoms. The molecule has 0 radical (unpaired) electrons. The van der Waals surface area contributed by atoms with Crippen molar-refractivity contribution < 1.29 is 14.3 Å². The van der Waals surface area contributed by atoms with E-state index < -0.39 is 0 Å². The van der Waals surface area contributed by atoms with E-state index in [2.05, 4.69) is 5.32 Å². The van der Waals surface area contributed by atoms with E-state index in [1.54, 1.807) is 0 Å². The number of ether oxygens (including phenoxy) is 2. The van der Waals surface area contributed by atoms with Gasteiger partial charge in [0.25, 0.3) is 0 Å². The standard InChI is InChI=1S/C15H20ClNO3/c1-3-19-14-5-4-12(8-11(14)9-16)17-15(18)13-6-7-20-10(13)2/h4-5,8,10,13H,3,6-7,9H2,1-2H3,(H,17,18). The Balaban J connectivity index is 2.07. The fourth-order valence-corrected chi connectivity index (χ4v) is 2.58. The molecule has 0 spiro atoms. The summed E-state index contributed by atoms with van der Waals surface area (Å²) >= 11 is 5.91. The number of amides is 1. The van der Waals surface area contributed by atoms with Gasteiger partial charge < -0.3 is 14.8 Å². The Hall–Kier alpha value is -1.26. The zero-order valence-corrected chi connectivity index (χ0v) is 12.6. The smallest absolute Gasteiger partial charge is 0.230 e. The van der Waals surface area contributed by atoms with E-state index >= 15 is 0 Å². The maximum absolute atomic E-state index is 12.2. The Morgan fingerprint density at radius 1 is 1.55 bits per heavy atom. The SMILES string of the molecule is CCOc1ccc(NC(=O)C2CCOC2C)cc1CCl. The van der Waals surface area contributed by atoms with E-state index in [-0.39, 0.29) is 17.9 Å². The summed E-state index contributed by atoms with van der Waals surface area (Å²) < 4.78 is 10.9. The highest BCUT2D eigenvalue weighted by atomic mass is 35.5. The molecule has 1 amide bonds. The fraction of sp³-hybridized carbons (Fsp3) is 0.533. The average molecular weight is 298 g/mol. The van der Waals surface area contributed by atoms with Crippen LogP contribution in [0, 0.1) is 5.92 Å². The summed E-state index contributed by atoms with van der Waals surface area (Å²) in [6, 6.07) is 5.53. The van der Waals surface area contributed by atoms with Crippen molar-refractivity contribution >= 4 is 23.2 Å². The molecular formula is C15H20ClNO3. The van der Waals surface area contributed by atoms with Crippen LogP contribution in [0.5, 0.6) is 5.75 Å². The molecule has 0 aromatic heterocycles. The van der Waals surface area contributed by atoms with Crippen LogP contribution in [0.15, 0.2) is 18.2 Å². The second-order valence-electron chi connectivity index (χ2n) is 4.85. The largest absolute Gasteiger partial charge is 0.494 e. The van der Waals surface area contributed by atoms with Gasteiger partial charge in [-0.1, -0.05) is 0 Å². The van der Waals surface area contributed by atoms with Crippen LogP contribution in [-0.2, 0) is 15.4 Å². The van der Waals surface area contributed by atoms with Crippen molar-refractivity contribution in [1.29, 1.82) is 0 Å². The van der Waals surface area contributed by atoms with E-state index in [9.17, 15) is 4.79 Å². The molecule has 2 atom stereocenters. The Morgan fingerprint density at radius 3 is 2.95 bits per heavy atom. The zero-order chi connectivity index (χ0) is 14.5. The Kier molecular flexibility index (Phi) is 5.26. The minimum Gasteiger partial charge on any atom is -0.494 e. The van der Waals surface area contributed by atoms with Crippen LogP contribution in [-0.4, -0.2) is 25.2 Å². The fourth-order valence-electron chi connectivity index (χ4n) is 2.37. The second kappa shape index (κ2) is 6.95. The summed E-state index contributed by atoms with van der Waals surface area (Å²) in [5, 5.41) is 2.93. The number of carbonyl (C=O) groups excluding carboxylic acids is 1. The highest BCUT2D eigenvalue weighted by molar-refractivity contribution is 6.17. The molecule has 1 aliphatic rings. The Bertz CT molecular complexity index is 478. The summed E-state index contributed by atoms with van der Waals surface area (Å²) in [5.41, 5.74) is 1.62. The molecule has 2 unspecified atom stereocenters. The molecular weight excluding hydrogens is 278 g/mol. The lowest BCUT2D eigenvalue weighted by atomic mass is 10.0. The van der Waals surface area contributed by atoms with Crippen LogP contribution in [0.2, 0.25) is 0 Å². The molecule has 5 heteroatoms. The average Bonchev–Trinajstić information content (AvgIpc) is 2.87. The van der Waals surface area contributed by atoms with Gasteiger partial charge in [-0.25, -0.2) is 0 Å². The predicted molar refractivity (Wildman–Crippen MR) is 79.3 cm³/mol. The number of rotatable bonds is 5. The topological polar surface area (TPSA) is 47.6 Å². The Morgan fingerprint density at radius 2 is 2.35 bits per heavy atom. The second-order valence-corrected chi connectivity index (χ2v) is 5.12. The quantitative estimate of drug-likeness (QED) is 0.849. The van der Waals surface area contributed by atoms with Crippen molar-refractivity contribution in [3.8, 4) is 5.75 Å². The van der Waals surface area contributed by atoms with Gasteiger partial charge in [-0.15, -0.1) is 11.6 Å². The highest BCUT2D eigenvalue weighted by Gasteiger charge is 2.30. The summed E-state index contributed by atoms with van der Waals surface area (Å²) in [4.78, 5) is 12.2. The lowest BCUT2D eigenvalue weighted by Gasteiger charge is -2.15. The molecule has 1 N–H and O–H groups in total. The first-order valence-corrected chi connectivity index (χ1v) is 7.43. The van der Waals surface area contributed by atoms with Gasteiger partial charge in [-0.3, -0.25) is 4.79 Å². The van der Waals surface area contributed by atoms with Crippen LogP contribution in [0.1, 0.15) is 25.8 Å². The monoisotopic (exact) mass is 297 g/mol. The minimum atomic E-state index is -0.0824. The van der Waals surface area contributed by atoms with Crippen LogP contribution >= 0.6 is 11.6 Å². The number of benzene rings is 1. The van der Waals surface area contributed by atoms with Gasteiger partial charge in [0.05, 0.1) is 24.5 Å². The van der Waals surface area contributed by atoms with Crippen LogP contribution in [0.4, 0.5) is 5.69 Å². The molecule has 1 fully saturated rings. The first-order chi connectivity index (χ1) is 9.65. The van der Waals surface area contributed by atoms with Crippen molar-refractivity contribution in [2.45, 2.75) is 32.3 Å². The normalized spacial score (nSPS) is 21.8. The molecule has 1 saturated heterocycles. The minimum absolute atomic E-state index is 0.000294. The van der Waals surface area contributed by atoms with Crippen LogP contribution in [0.25, 0.3) is 0 Å². The molecule has 1 aromatic carbocycles.